The maximum absolute atomic E-state index is 6.29. The van der Waals surface area contributed by atoms with Crippen LogP contribution < -0.4 is 11.5 Å². The molecule has 2 aliphatic rings. The molecule has 2 aliphatic carbocycles. The van der Waals surface area contributed by atoms with E-state index in [0.29, 0.717) is 0 Å². The highest BCUT2D eigenvalue weighted by molar-refractivity contribution is 5.97. The first-order chi connectivity index (χ1) is 22.6. The lowest BCUT2D eigenvalue weighted by molar-refractivity contribution is 1.26. The standard InChI is InChI=1S/C44H32N2/c45-33-11-5-9-29(23-33)37-19-21-39-35-13-3-1-7-31(35)25-41(39)43(37)27-15-17-28(18-16-27)44-38(30-10-6-12-34(46)24-30)20-22-40-36-14-4-2-8-32(36)26-42(40)44/h1-24H,25-26,45-46H2. The number of rotatable bonds is 4. The molecule has 0 amide bonds. The number of hydrogen-bond acceptors (Lipinski definition) is 2. The molecule has 0 atom stereocenters. The first-order valence-corrected chi connectivity index (χ1v) is 15.9. The third-order valence-corrected chi connectivity index (χ3v) is 9.83. The Morgan fingerprint density at radius 1 is 0.326 bits per heavy atom. The predicted octanol–water partition coefficient (Wildman–Crippen LogP) is 10.7. The van der Waals surface area contributed by atoms with E-state index >= 15 is 0 Å². The highest BCUT2D eigenvalue weighted by Crippen LogP contribution is 2.49. The van der Waals surface area contributed by atoms with Gasteiger partial charge >= 0.3 is 0 Å². The quantitative estimate of drug-likeness (QED) is 0.201. The molecule has 2 nitrogen and oxygen atoms in total. The van der Waals surface area contributed by atoms with E-state index in [2.05, 4.69) is 121 Å². The Kier molecular flexibility index (Phi) is 5.97. The van der Waals surface area contributed by atoms with Crippen molar-refractivity contribution >= 4 is 11.4 Å². The van der Waals surface area contributed by atoms with Gasteiger partial charge in [0.05, 0.1) is 0 Å². The third kappa shape index (κ3) is 4.18. The number of hydrogen-bond donors (Lipinski definition) is 2. The van der Waals surface area contributed by atoms with E-state index in [9.17, 15) is 0 Å². The number of nitrogens with two attached hydrogens (primary N) is 2. The van der Waals surface area contributed by atoms with Crippen LogP contribution in [0, 0.1) is 0 Å². The van der Waals surface area contributed by atoms with Crippen LogP contribution in [0.4, 0.5) is 11.4 Å². The first kappa shape index (κ1) is 26.5. The summed E-state index contributed by atoms with van der Waals surface area (Å²) in [6.07, 6.45) is 1.84. The Hall–Kier alpha value is -5.86. The fraction of sp³-hybridized carbons (Fsp3) is 0.0455. The molecule has 0 saturated heterocycles. The zero-order chi connectivity index (χ0) is 30.8. The van der Waals surface area contributed by atoms with Gasteiger partial charge in [-0.2, -0.15) is 0 Å². The van der Waals surface area contributed by atoms with Crippen LogP contribution in [-0.2, 0) is 12.8 Å². The summed E-state index contributed by atoms with van der Waals surface area (Å²) in [6.45, 7) is 0. The summed E-state index contributed by atoms with van der Waals surface area (Å²) in [5, 5.41) is 0. The Bertz CT molecular complexity index is 2160. The average Bonchev–Trinajstić information content (AvgIpc) is 3.66. The van der Waals surface area contributed by atoms with Crippen molar-refractivity contribution in [3.8, 4) is 66.8 Å². The summed E-state index contributed by atoms with van der Waals surface area (Å²) >= 11 is 0. The molecule has 0 fully saturated rings. The minimum atomic E-state index is 0.774. The van der Waals surface area contributed by atoms with Crippen molar-refractivity contribution in [1.29, 1.82) is 0 Å². The topological polar surface area (TPSA) is 52.0 Å². The SMILES string of the molecule is Nc1cccc(-c2ccc3c(c2-c2ccc(-c4c(-c5cccc(N)c5)ccc5c4Cc4ccccc4-5)cc2)Cc2ccccc2-3)c1. The van der Waals surface area contributed by atoms with Crippen LogP contribution in [0.15, 0.2) is 146 Å². The summed E-state index contributed by atoms with van der Waals surface area (Å²) in [5.74, 6) is 0. The van der Waals surface area contributed by atoms with Gasteiger partial charge in [0.2, 0.25) is 0 Å². The van der Waals surface area contributed by atoms with Gasteiger partial charge in [-0.1, -0.05) is 121 Å². The Balaban J connectivity index is 1.23. The molecule has 0 radical (unpaired) electrons. The van der Waals surface area contributed by atoms with Crippen molar-refractivity contribution in [2.24, 2.45) is 0 Å². The summed E-state index contributed by atoms with van der Waals surface area (Å²) in [6, 6.07) is 52.5. The summed E-state index contributed by atoms with van der Waals surface area (Å²) in [7, 11) is 0. The summed E-state index contributed by atoms with van der Waals surface area (Å²) in [5.41, 5.74) is 34.7. The van der Waals surface area contributed by atoms with E-state index in [-0.39, 0.29) is 0 Å². The van der Waals surface area contributed by atoms with E-state index in [4.69, 9.17) is 11.5 Å². The Labute approximate surface area is 269 Å². The maximum Gasteiger partial charge on any atom is 0.0320 e. The molecule has 4 N–H and O–H groups in total. The third-order valence-electron chi connectivity index (χ3n) is 9.83. The van der Waals surface area contributed by atoms with Crippen molar-refractivity contribution in [3.63, 3.8) is 0 Å². The lowest BCUT2D eigenvalue weighted by Crippen LogP contribution is -1.96. The number of benzene rings is 7. The number of nitrogen functional groups attached to an aromatic ring is 2. The molecule has 0 aromatic heterocycles. The molecule has 7 aromatic carbocycles. The molecule has 0 bridgehead atoms. The summed E-state index contributed by atoms with van der Waals surface area (Å²) in [4.78, 5) is 0. The average molecular weight is 589 g/mol. The maximum atomic E-state index is 6.29. The van der Waals surface area contributed by atoms with Crippen LogP contribution in [0.25, 0.3) is 66.8 Å². The second-order valence-electron chi connectivity index (χ2n) is 12.5. The van der Waals surface area contributed by atoms with Gasteiger partial charge in [0.1, 0.15) is 0 Å². The minimum Gasteiger partial charge on any atom is -0.399 e. The molecular formula is C44H32N2. The highest BCUT2D eigenvalue weighted by Gasteiger charge is 2.26. The van der Waals surface area contributed by atoms with Crippen LogP contribution in [-0.4, -0.2) is 0 Å². The molecule has 0 spiro atoms. The van der Waals surface area contributed by atoms with Crippen LogP contribution >= 0.6 is 0 Å². The zero-order valence-corrected chi connectivity index (χ0v) is 25.4. The van der Waals surface area contributed by atoms with Crippen LogP contribution in [0.3, 0.4) is 0 Å². The van der Waals surface area contributed by atoms with Crippen molar-refractivity contribution in [2.45, 2.75) is 12.8 Å². The second kappa shape index (κ2) is 10.4. The zero-order valence-electron chi connectivity index (χ0n) is 25.4. The molecule has 9 rings (SSSR count). The smallest absolute Gasteiger partial charge is 0.0320 e. The minimum absolute atomic E-state index is 0.774. The van der Waals surface area contributed by atoms with Crippen LogP contribution in [0.1, 0.15) is 22.3 Å². The van der Waals surface area contributed by atoms with Gasteiger partial charge in [0, 0.05) is 11.4 Å². The van der Waals surface area contributed by atoms with Gasteiger partial charge in [-0.25, -0.2) is 0 Å². The molecule has 0 unspecified atom stereocenters. The molecule has 0 saturated carbocycles. The van der Waals surface area contributed by atoms with Gasteiger partial charge in [-0.3, -0.25) is 0 Å². The second-order valence-corrected chi connectivity index (χ2v) is 12.5. The molecule has 7 aromatic rings. The van der Waals surface area contributed by atoms with E-state index in [1.807, 2.05) is 24.3 Å². The Morgan fingerprint density at radius 3 is 1.17 bits per heavy atom. The molecule has 0 heterocycles. The largest absolute Gasteiger partial charge is 0.399 e. The normalized spacial score (nSPS) is 12.3. The van der Waals surface area contributed by atoms with Crippen molar-refractivity contribution in [1.82, 2.24) is 0 Å². The molecule has 2 heteroatoms. The van der Waals surface area contributed by atoms with Crippen molar-refractivity contribution in [2.75, 3.05) is 11.5 Å². The Morgan fingerprint density at radius 2 is 0.739 bits per heavy atom. The van der Waals surface area contributed by atoms with Gasteiger partial charge in [0.15, 0.2) is 0 Å². The fourth-order valence-corrected chi connectivity index (χ4v) is 7.78. The monoisotopic (exact) mass is 588 g/mol. The van der Waals surface area contributed by atoms with Gasteiger partial charge in [0.25, 0.3) is 0 Å². The predicted molar refractivity (Wildman–Crippen MR) is 193 cm³/mol. The molecule has 218 valence electrons. The lowest BCUT2D eigenvalue weighted by Gasteiger charge is -2.19. The molecular weight excluding hydrogens is 556 g/mol. The molecule has 0 aliphatic heterocycles. The van der Waals surface area contributed by atoms with Crippen molar-refractivity contribution < 1.29 is 0 Å². The highest BCUT2D eigenvalue weighted by atomic mass is 14.5. The van der Waals surface area contributed by atoms with E-state index in [1.165, 1.54) is 77.9 Å². The van der Waals surface area contributed by atoms with Crippen LogP contribution in [0.5, 0.6) is 0 Å². The van der Waals surface area contributed by atoms with Crippen molar-refractivity contribution in [3.05, 3.63) is 168 Å². The number of anilines is 2. The molecule has 46 heavy (non-hydrogen) atoms. The van der Waals surface area contributed by atoms with Gasteiger partial charge in [-0.15, -0.1) is 0 Å². The van der Waals surface area contributed by atoms with E-state index in [1.54, 1.807) is 0 Å². The van der Waals surface area contributed by atoms with Crippen LogP contribution in [0.2, 0.25) is 0 Å². The van der Waals surface area contributed by atoms with E-state index < -0.39 is 0 Å². The van der Waals surface area contributed by atoms with E-state index in [0.717, 1.165) is 35.3 Å². The van der Waals surface area contributed by atoms with Gasteiger partial charge < -0.3 is 11.5 Å². The fourth-order valence-electron chi connectivity index (χ4n) is 7.78. The van der Waals surface area contributed by atoms with Gasteiger partial charge in [-0.05, 0) is 126 Å². The number of fused-ring (bicyclic) bond motifs is 6. The first-order valence-electron chi connectivity index (χ1n) is 15.9. The lowest BCUT2D eigenvalue weighted by atomic mass is 9.85. The summed E-state index contributed by atoms with van der Waals surface area (Å²) < 4.78 is 0.